The van der Waals surface area contributed by atoms with Crippen LogP contribution in [0.2, 0.25) is 10.0 Å². The molecule has 1 amide bonds. The largest absolute Gasteiger partial charge is 0.400 e. The molecule has 0 atom stereocenters. The highest BCUT2D eigenvalue weighted by Gasteiger charge is 2.54. The van der Waals surface area contributed by atoms with Crippen LogP contribution in [0.1, 0.15) is 57.7 Å². The number of nitrogens with zero attached hydrogens (tertiary/aromatic N) is 7. The van der Waals surface area contributed by atoms with E-state index in [9.17, 15) is 4.79 Å². The molecule has 1 spiro atoms. The van der Waals surface area contributed by atoms with Crippen LogP contribution >= 0.6 is 23.2 Å². The summed E-state index contributed by atoms with van der Waals surface area (Å²) < 4.78 is 2.21. The summed E-state index contributed by atoms with van der Waals surface area (Å²) in [7, 11) is 5.35. The Morgan fingerprint density at radius 2 is 1.67 bits per heavy atom. The van der Waals surface area contributed by atoms with Crippen molar-refractivity contribution < 1.29 is 9.90 Å². The SMILES string of the molecule is C=CC(=O)N1CC2(CC(n3nc(N4CCCCC4(C)C)c(-c4c(Cl)c(Cl)cc5[nH]ncc45)c3C)C2)C1.CN1CCN(C)CC1.CO. The minimum Gasteiger partial charge on any atom is -0.400 e. The van der Waals surface area contributed by atoms with Crippen molar-refractivity contribution in [3.05, 3.63) is 40.7 Å². The summed E-state index contributed by atoms with van der Waals surface area (Å²) in [4.78, 5) is 21.0. The predicted octanol–water partition coefficient (Wildman–Crippen LogP) is 5.63. The molecule has 1 saturated carbocycles. The van der Waals surface area contributed by atoms with E-state index in [0.717, 1.165) is 86.0 Å². The van der Waals surface area contributed by atoms with E-state index >= 15 is 0 Å². The average Bonchev–Trinajstić information content (AvgIpc) is 3.59. The van der Waals surface area contributed by atoms with Gasteiger partial charge < -0.3 is 24.7 Å². The van der Waals surface area contributed by atoms with Gasteiger partial charge in [-0.2, -0.15) is 10.2 Å². The molecule has 3 aromatic rings. The van der Waals surface area contributed by atoms with Gasteiger partial charge >= 0.3 is 0 Å². The fourth-order valence-corrected chi connectivity index (χ4v) is 8.06. The second kappa shape index (κ2) is 13.8. The maximum Gasteiger partial charge on any atom is 0.245 e. The summed E-state index contributed by atoms with van der Waals surface area (Å²) in [5.41, 5.74) is 4.09. The fraction of sp³-hybridized carbons (Fsp3) is 0.618. The summed E-state index contributed by atoms with van der Waals surface area (Å²) in [5.74, 6) is 0.998. The van der Waals surface area contributed by atoms with Crippen molar-refractivity contribution >= 4 is 45.8 Å². The van der Waals surface area contributed by atoms with E-state index in [2.05, 4.69) is 71.0 Å². The van der Waals surface area contributed by atoms with Crippen molar-refractivity contribution in [2.24, 2.45) is 5.41 Å². The Labute approximate surface area is 283 Å². The maximum atomic E-state index is 12.0. The summed E-state index contributed by atoms with van der Waals surface area (Å²) in [6, 6.07) is 2.13. The smallest absolute Gasteiger partial charge is 0.245 e. The van der Waals surface area contributed by atoms with Crippen LogP contribution in [0.4, 0.5) is 5.82 Å². The third kappa shape index (κ3) is 6.56. The minimum absolute atomic E-state index is 0.0143. The van der Waals surface area contributed by atoms with Crippen LogP contribution in [0.25, 0.3) is 22.0 Å². The van der Waals surface area contributed by atoms with E-state index in [1.54, 1.807) is 0 Å². The number of H-pyrrole nitrogens is 1. The van der Waals surface area contributed by atoms with Crippen LogP contribution in [-0.4, -0.2) is 118 Å². The molecule has 46 heavy (non-hydrogen) atoms. The van der Waals surface area contributed by atoms with Gasteiger partial charge in [-0.1, -0.05) is 29.8 Å². The first-order chi connectivity index (χ1) is 21.9. The number of rotatable bonds is 4. The summed E-state index contributed by atoms with van der Waals surface area (Å²) in [6.45, 7) is 17.9. The number of fused-ring (bicyclic) bond motifs is 1. The van der Waals surface area contributed by atoms with E-state index in [0.29, 0.717) is 16.1 Å². The van der Waals surface area contributed by atoms with Gasteiger partial charge in [-0.15, -0.1) is 0 Å². The number of hydrogen-bond donors (Lipinski definition) is 2. The molecular weight excluding hydrogens is 623 g/mol. The molecule has 0 radical (unpaired) electrons. The van der Waals surface area contributed by atoms with Gasteiger partial charge in [0.1, 0.15) is 0 Å². The molecule has 12 heteroatoms. The molecule has 3 saturated heterocycles. The normalized spacial score (nSPS) is 21.2. The molecule has 2 N–H and O–H groups in total. The van der Waals surface area contributed by atoms with E-state index in [1.165, 1.54) is 38.7 Å². The highest BCUT2D eigenvalue weighted by molar-refractivity contribution is 6.45. The van der Waals surface area contributed by atoms with Gasteiger partial charge in [0.2, 0.25) is 5.91 Å². The number of aliphatic hydroxyl groups is 1. The number of likely N-dealkylation sites (tertiary alicyclic amines) is 1. The van der Waals surface area contributed by atoms with Crippen molar-refractivity contribution in [3.63, 3.8) is 0 Å². The van der Waals surface area contributed by atoms with Crippen molar-refractivity contribution in [1.82, 2.24) is 34.7 Å². The number of aliphatic hydroxyl groups excluding tert-OH is 1. The van der Waals surface area contributed by atoms with E-state index in [1.807, 2.05) is 17.2 Å². The lowest BCUT2D eigenvalue weighted by Crippen LogP contribution is -2.63. The zero-order valence-corrected chi connectivity index (χ0v) is 29.8. The second-order valence-electron chi connectivity index (χ2n) is 14.1. The summed E-state index contributed by atoms with van der Waals surface area (Å²) in [5, 5.41) is 21.6. The molecule has 5 heterocycles. The van der Waals surface area contributed by atoms with Gasteiger partial charge in [-0.3, -0.25) is 14.6 Å². The van der Waals surface area contributed by atoms with E-state index < -0.39 is 0 Å². The summed E-state index contributed by atoms with van der Waals surface area (Å²) in [6.07, 6.45) is 8.73. The van der Waals surface area contributed by atoms with Crippen LogP contribution in [0.15, 0.2) is 24.9 Å². The number of aromatic nitrogens is 4. The Morgan fingerprint density at radius 3 is 2.26 bits per heavy atom. The number of carbonyl (C=O) groups is 1. The highest BCUT2D eigenvalue weighted by atomic mass is 35.5. The zero-order chi connectivity index (χ0) is 33.4. The van der Waals surface area contributed by atoms with Crippen LogP contribution in [-0.2, 0) is 4.79 Å². The van der Waals surface area contributed by atoms with E-state index in [4.69, 9.17) is 33.4 Å². The minimum atomic E-state index is -0.0143. The molecule has 7 rings (SSSR count). The first-order valence-corrected chi connectivity index (χ1v) is 17.1. The lowest BCUT2D eigenvalue weighted by molar-refractivity contribution is -0.149. The number of piperazine rings is 1. The molecule has 0 unspecified atom stereocenters. The second-order valence-corrected chi connectivity index (χ2v) is 14.9. The number of hydrogen-bond acceptors (Lipinski definition) is 7. The quantitative estimate of drug-likeness (QED) is 0.347. The van der Waals surface area contributed by atoms with E-state index in [-0.39, 0.29) is 16.9 Å². The highest BCUT2D eigenvalue weighted by Crippen LogP contribution is 2.56. The van der Waals surface area contributed by atoms with Crippen molar-refractivity contribution in [2.75, 3.05) is 71.9 Å². The molecule has 2 aromatic heterocycles. The lowest BCUT2D eigenvalue weighted by atomic mass is 9.60. The maximum absolute atomic E-state index is 12.0. The van der Waals surface area contributed by atoms with Crippen LogP contribution in [0.5, 0.6) is 0 Å². The molecule has 4 aliphatic rings. The number of piperidine rings is 1. The number of nitrogens with one attached hydrogen (secondary N) is 1. The first kappa shape index (κ1) is 34.7. The number of likely N-dealkylation sites (N-methyl/N-ethyl adjacent to an activating group) is 2. The predicted molar refractivity (Wildman–Crippen MR) is 188 cm³/mol. The number of aromatic amines is 1. The van der Waals surface area contributed by atoms with Gasteiger partial charge in [0, 0.05) is 86.1 Å². The van der Waals surface area contributed by atoms with Gasteiger partial charge in [0.05, 0.1) is 27.8 Å². The van der Waals surface area contributed by atoms with Crippen LogP contribution < -0.4 is 4.90 Å². The van der Waals surface area contributed by atoms with Gasteiger partial charge in [-0.25, -0.2) is 0 Å². The number of anilines is 1. The van der Waals surface area contributed by atoms with Crippen molar-refractivity contribution in [3.8, 4) is 11.1 Å². The lowest BCUT2D eigenvalue weighted by Gasteiger charge is -2.58. The average molecular weight is 674 g/mol. The standard InChI is InChI=1S/C27H32Cl2N6O.C6H14N2.CH4O/c1-5-21(36)33-14-27(15-33)11-17(12-27)35-16(2)22(25(32-35)34-9-7-6-8-26(34,3)4)23-18-13-30-31-20(18)10-19(28)24(23)29;1-7-3-5-8(2)6-4-7;1-2/h5,10,13,17H,1,6-9,11-12,14-15H2,2-4H3,(H,30,31);3-6H2,1-2H3;2H,1H3. The number of carbonyl (C=O) groups excluding carboxylic acids is 1. The molecule has 3 aliphatic heterocycles. The number of benzene rings is 1. The topological polar surface area (TPSA) is 96.8 Å². The Kier molecular flexibility index (Phi) is 10.4. The molecule has 1 aromatic carbocycles. The number of halogens is 2. The number of amides is 1. The van der Waals surface area contributed by atoms with Crippen LogP contribution in [0.3, 0.4) is 0 Å². The van der Waals surface area contributed by atoms with Gasteiger partial charge in [-0.05, 0) is 79.1 Å². The van der Waals surface area contributed by atoms with Gasteiger partial charge in [0.25, 0.3) is 0 Å². The zero-order valence-electron chi connectivity index (χ0n) is 28.2. The molecule has 10 nitrogen and oxygen atoms in total. The van der Waals surface area contributed by atoms with Crippen molar-refractivity contribution in [1.29, 1.82) is 0 Å². The monoisotopic (exact) mass is 672 g/mol. The first-order valence-electron chi connectivity index (χ1n) is 16.3. The molecule has 0 bridgehead atoms. The Bertz CT molecular complexity index is 1530. The molecule has 4 fully saturated rings. The fourth-order valence-electron chi connectivity index (χ4n) is 7.60. The summed E-state index contributed by atoms with van der Waals surface area (Å²) >= 11 is 13.5. The van der Waals surface area contributed by atoms with Crippen LogP contribution in [0, 0.1) is 12.3 Å². The Balaban J connectivity index is 0.000000361. The molecule has 252 valence electrons. The third-order valence-electron chi connectivity index (χ3n) is 10.4. The molecular formula is C34H50Cl2N8O2. The third-order valence-corrected chi connectivity index (χ3v) is 11.2. The molecule has 1 aliphatic carbocycles. The van der Waals surface area contributed by atoms with Crippen molar-refractivity contribution in [2.45, 2.75) is 64.5 Å². The van der Waals surface area contributed by atoms with Gasteiger partial charge in [0.15, 0.2) is 5.82 Å². The Hall–Kier alpha value is -2.63. The Morgan fingerprint density at radius 1 is 1.04 bits per heavy atom.